The van der Waals surface area contributed by atoms with Crippen LogP contribution in [0, 0.1) is 12.3 Å². The van der Waals surface area contributed by atoms with Gasteiger partial charge in [-0.05, 0) is 58.7 Å². The molecule has 1 atom stereocenters. The van der Waals surface area contributed by atoms with E-state index >= 15 is 0 Å². The molecule has 4 heteroatoms. The first-order valence-corrected chi connectivity index (χ1v) is 8.05. The molecular weight excluding hydrogens is 264 g/mol. The first kappa shape index (κ1) is 16.1. The molecule has 1 aliphatic heterocycles. The molecule has 1 saturated heterocycles. The van der Waals surface area contributed by atoms with Crippen LogP contribution in [0.5, 0.6) is 0 Å². The van der Waals surface area contributed by atoms with Crippen LogP contribution in [-0.2, 0) is 11.3 Å². The zero-order valence-corrected chi connectivity index (χ0v) is 13.7. The van der Waals surface area contributed by atoms with Crippen molar-refractivity contribution in [1.82, 2.24) is 10.2 Å². The predicted octanol–water partition coefficient (Wildman–Crippen LogP) is 3.10. The average Bonchev–Trinajstić information content (AvgIpc) is 2.90. The van der Waals surface area contributed by atoms with Gasteiger partial charge >= 0.3 is 0 Å². The van der Waals surface area contributed by atoms with E-state index in [1.807, 2.05) is 24.0 Å². The molecule has 1 N–H and O–H groups in total. The van der Waals surface area contributed by atoms with Crippen molar-refractivity contribution in [3.8, 4) is 0 Å². The maximum absolute atomic E-state index is 13.1. The van der Waals surface area contributed by atoms with Crippen LogP contribution in [0.15, 0.2) is 16.5 Å². The maximum Gasteiger partial charge on any atom is 0.230 e. The first-order valence-electron chi connectivity index (χ1n) is 8.05. The van der Waals surface area contributed by atoms with Gasteiger partial charge in [-0.15, -0.1) is 0 Å². The Morgan fingerprint density at radius 1 is 1.48 bits per heavy atom. The summed E-state index contributed by atoms with van der Waals surface area (Å²) in [6.45, 7) is 10.6. The molecule has 1 fully saturated rings. The largest absolute Gasteiger partial charge is 0.464 e. The number of nitrogens with one attached hydrogen (secondary N) is 1. The fraction of sp³-hybridized carbons (Fsp3) is 0.706. The van der Waals surface area contributed by atoms with Gasteiger partial charge < -0.3 is 14.6 Å². The third-order valence-electron chi connectivity index (χ3n) is 4.61. The van der Waals surface area contributed by atoms with E-state index in [1.54, 1.807) is 0 Å². The monoisotopic (exact) mass is 292 g/mol. The van der Waals surface area contributed by atoms with E-state index in [4.69, 9.17) is 4.42 Å². The Bertz CT molecular complexity index is 473. The van der Waals surface area contributed by atoms with Crippen LogP contribution in [0.3, 0.4) is 0 Å². The summed E-state index contributed by atoms with van der Waals surface area (Å²) in [7, 11) is 0. The third kappa shape index (κ3) is 3.49. The molecule has 1 amide bonds. The van der Waals surface area contributed by atoms with E-state index in [1.165, 1.54) is 0 Å². The maximum atomic E-state index is 13.1. The van der Waals surface area contributed by atoms with E-state index in [2.05, 4.69) is 26.1 Å². The standard InChI is InChI=1S/C17H28N2O2/c1-5-17(9-6-10-18-12-17)16(20)19(13(2)3)11-15-8-7-14(4)21-15/h7-8,13,18H,5-6,9-12H2,1-4H3. The van der Waals surface area contributed by atoms with Gasteiger partial charge in [0.05, 0.1) is 12.0 Å². The normalized spacial score (nSPS) is 22.5. The van der Waals surface area contributed by atoms with Crippen molar-refractivity contribution in [2.24, 2.45) is 5.41 Å². The molecule has 0 radical (unpaired) electrons. The van der Waals surface area contributed by atoms with Crippen LogP contribution in [0.1, 0.15) is 51.6 Å². The lowest BCUT2D eigenvalue weighted by molar-refractivity contribution is -0.146. The van der Waals surface area contributed by atoms with Gasteiger partial charge in [-0.3, -0.25) is 4.79 Å². The molecule has 1 aliphatic rings. The molecule has 1 aromatic rings. The van der Waals surface area contributed by atoms with Crippen LogP contribution >= 0.6 is 0 Å². The SMILES string of the molecule is CCC1(C(=O)N(Cc2ccc(C)o2)C(C)C)CCCNC1. The second-order valence-electron chi connectivity index (χ2n) is 6.45. The minimum absolute atomic E-state index is 0.174. The van der Waals surface area contributed by atoms with Gasteiger partial charge in [0.15, 0.2) is 0 Å². The summed E-state index contributed by atoms with van der Waals surface area (Å²) >= 11 is 0. The Hall–Kier alpha value is -1.29. The van der Waals surface area contributed by atoms with Crippen LogP contribution in [0.25, 0.3) is 0 Å². The minimum Gasteiger partial charge on any atom is -0.464 e. The Balaban J connectivity index is 2.18. The van der Waals surface area contributed by atoms with Crippen LogP contribution in [-0.4, -0.2) is 29.9 Å². The number of piperidine rings is 1. The smallest absolute Gasteiger partial charge is 0.230 e. The molecule has 1 unspecified atom stereocenters. The predicted molar refractivity (Wildman–Crippen MR) is 84.0 cm³/mol. The van der Waals surface area contributed by atoms with Gasteiger partial charge in [-0.25, -0.2) is 0 Å². The van der Waals surface area contributed by atoms with Gasteiger partial charge in [0.25, 0.3) is 0 Å². The Kier molecular flexibility index (Phi) is 5.09. The second-order valence-corrected chi connectivity index (χ2v) is 6.45. The van der Waals surface area contributed by atoms with Gasteiger partial charge in [-0.2, -0.15) is 0 Å². The van der Waals surface area contributed by atoms with Crippen molar-refractivity contribution >= 4 is 5.91 Å². The highest BCUT2D eigenvalue weighted by molar-refractivity contribution is 5.83. The van der Waals surface area contributed by atoms with Gasteiger partial charge in [0, 0.05) is 12.6 Å². The van der Waals surface area contributed by atoms with Gasteiger partial charge in [0.1, 0.15) is 11.5 Å². The third-order valence-corrected chi connectivity index (χ3v) is 4.61. The molecule has 0 aromatic carbocycles. The van der Waals surface area contributed by atoms with Crippen molar-refractivity contribution in [3.05, 3.63) is 23.7 Å². The summed E-state index contributed by atoms with van der Waals surface area (Å²) in [6, 6.07) is 4.10. The zero-order valence-electron chi connectivity index (χ0n) is 13.7. The van der Waals surface area contributed by atoms with Crippen molar-refractivity contribution in [1.29, 1.82) is 0 Å². The van der Waals surface area contributed by atoms with E-state index in [0.29, 0.717) is 6.54 Å². The summed E-state index contributed by atoms with van der Waals surface area (Å²) in [5.74, 6) is 2.02. The van der Waals surface area contributed by atoms with Gasteiger partial charge in [-0.1, -0.05) is 6.92 Å². The number of furan rings is 1. The Labute approximate surface area is 127 Å². The fourth-order valence-corrected chi connectivity index (χ4v) is 3.13. The molecule has 2 heterocycles. The van der Waals surface area contributed by atoms with E-state index in [0.717, 1.165) is 43.9 Å². The molecule has 2 rings (SSSR count). The highest BCUT2D eigenvalue weighted by atomic mass is 16.3. The lowest BCUT2D eigenvalue weighted by Crippen LogP contribution is -2.53. The fourth-order valence-electron chi connectivity index (χ4n) is 3.13. The van der Waals surface area contributed by atoms with Gasteiger partial charge in [0.2, 0.25) is 5.91 Å². The lowest BCUT2D eigenvalue weighted by atomic mass is 9.76. The topological polar surface area (TPSA) is 45.5 Å². The number of hydrogen-bond acceptors (Lipinski definition) is 3. The highest BCUT2D eigenvalue weighted by Crippen LogP contribution is 2.33. The molecule has 4 nitrogen and oxygen atoms in total. The summed E-state index contributed by atoms with van der Waals surface area (Å²) in [4.78, 5) is 15.1. The zero-order chi connectivity index (χ0) is 15.5. The quantitative estimate of drug-likeness (QED) is 0.907. The molecule has 118 valence electrons. The average molecular weight is 292 g/mol. The van der Waals surface area contributed by atoms with E-state index < -0.39 is 0 Å². The van der Waals surface area contributed by atoms with E-state index in [-0.39, 0.29) is 17.4 Å². The van der Waals surface area contributed by atoms with Crippen LogP contribution in [0.4, 0.5) is 0 Å². The van der Waals surface area contributed by atoms with Crippen molar-refractivity contribution in [3.63, 3.8) is 0 Å². The first-order chi connectivity index (χ1) is 9.98. The number of nitrogens with zero attached hydrogens (tertiary/aromatic N) is 1. The summed E-state index contributed by atoms with van der Waals surface area (Å²) in [6.07, 6.45) is 2.94. The van der Waals surface area contributed by atoms with Crippen LogP contribution < -0.4 is 5.32 Å². The molecule has 0 aliphatic carbocycles. The Morgan fingerprint density at radius 3 is 2.71 bits per heavy atom. The molecular formula is C17H28N2O2. The molecule has 21 heavy (non-hydrogen) atoms. The number of amides is 1. The molecule has 0 spiro atoms. The highest BCUT2D eigenvalue weighted by Gasteiger charge is 2.41. The lowest BCUT2D eigenvalue weighted by Gasteiger charge is -2.40. The van der Waals surface area contributed by atoms with Crippen LogP contribution in [0.2, 0.25) is 0 Å². The van der Waals surface area contributed by atoms with Crippen molar-refractivity contribution in [2.45, 2.75) is 59.5 Å². The molecule has 1 aromatic heterocycles. The Morgan fingerprint density at radius 2 is 2.24 bits per heavy atom. The van der Waals surface area contributed by atoms with E-state index in [9.17, 15) is 4.79 Å². The van der Waals surface area contributed by atoms with Crippen molar-refractivity contribution in [2.75, 3.05) is 13.1 Å². The number of rotatable bonds is 5. The summed E-state index contributed by atoms with van der Waals surface area (Å²) < 4.78 is 5.66. The number of aryl methyl sites for hydroxylation is 1. The van der Waals surface area contributed by atoms with Crippen molar-refractivity contribution < 1.29 is 9.21 Å². The summed E-state index contributed by atoms with van der Waals surface area (Å²) in [5, 5.41) is 3.40. The molecule has 0 bridgehead atoms. The summed E-state index contributed by atoms with van der Waals surface area (Å²) in [5.41, 5.74) is -0.246. The number of carbonyl (C=O) groups excluding carboxylic acids is 1. The molecule has 0 saturated carbocycles. The minimum atomic E-state index is -0.246. The second kappa shape index (κ2) is 6.65. The number of hydrogen-bond donors (Lipinski definition) is 1. The number of carbonyl (C=O) groups is 1.